The molecule has 10 rings (SSSR count). The summed E-state index contributed by atoms with van der Waals surface area (Å²) in [5.74, 6) is -0.760. The lowest BCUT2D eigenvalue weighted by Crippen LogP contribution is -2.21. The summed E-state index contributed by atoms with van der Waals surface area (Å²) in [6.45, 7) is 4.37. The SMILES string of the molecule is C=C(/C=C\N=C(/N)n1c2ccccc2c2cc(-c3ccc4c(c3)c3ccccc3n4-c3ccccc3)ccc21)C1C=C(c2ccc(-c3cc(F)cc(F)c3)cc2)C=CC1. The molecule has 6 heteroatoms. The number of rotatable bonds is 7. The van der Waals surface area contributed by atoms with Gasteiger partial charge in [0.15, 0.2) is 0 Å². The minimum Gasteiger partial charge on any atom is -0.369 e. The molecule has 2 heterocycles. The van der Waals surface area contributed by atoms with Gasteiger partial charge in [0.25, 0.3) is 0 Å². The fourth-order valence-corrected chi connectivity index (χ4v) is 8.51. The van der Waals surface area contributed by atoms with Gasteiger partial charge < -0.3 is 10.3 Å². The third kappa shape index (κ3) is 6.55. The molecule has 0 radical (unpaired) electrons. The maximum Gasteiger partial charge on any atom is 0.205 e. The number of para-hydroxylation sites is 3. The average Bonchev–Trinajstić information content (AvgIpc) is 3.78. The lowest BCUT2D eigenvalue weighted by atomic mass is 9.87. The van der Waals surface area contributed by atoms with Crippen molar-refractivity contribution in [3.05, 3.63) is 218 Å². The first kappa shape index (κ1) is 35.8. The van der Waals surface area contributed by atoms with Crippen LogP contribution in [0.1, 0.15) is 12.0 Å². The van der Waals surface area contributed by atoms with Crippen LogP contribution < -0.4 is 5.73 Å². The number of hydrogen-bond acceptors (Lipinski definition) is 1. The molecule has 2 aromatic heterocycles. The minimum absolute atomic E-state index is 0.0698. The Kier molecular flexibility index (Phi) is 8.95. The van der Waals surface area contributed by atoms with Crippen LogP contribution in [-0.2, 0) is 0 Å². The third-order valence-electron chi connectivity index (χ3n) is 11.4. The van der Waals surface area contributed by atoms with Crippen molar-refractivity contribution in [1.29, 1.82) is 0 Å². The molecule has 4 nitrogen and oxygen atoms in total. The van der Waals surface area contributed by atoms with E-state index in [1.54, 1.807) is 6.20 Å². The number of benzene rings is 7. The summed E-state index contributed by atoms with van der Waals surface area (Å²) in [7, 11) is 0. The lowest BCUT2D eigenvalue weighted by Gasteiger charge is -2.17. The smallest absolute Gasteiger partial charge is 0.205 e. The van der Waals surface area contributed by atoms with Gasteiger partial charge in [-0.05, 0) is 112 Å². The van der Waals surface area contributed by atoms with Crippen molar-refractivity contribution in [2.45, 2.75) is 6.42 Å². The molecule has 0 bridgehead atoms. The van der Waals surface area contributed by atoms with Crippen LogP contribution in [0.3, 0.4) is 0 Å². The second-order valence-corrected chi connectivity index (χ2v) is 15.0. The van der Waals surface area contributed by atoms with Crippen LogP contribution >= 0.6 is 0 Å². The summed E-state index contributed by atoms with van der Waals surface area (Å²) in [5, 5.41) is 4.62. The van der Waals surface area contributed by atoms with Gasteiger partial charge in [0.2, 0.25) is 5.96 Å². The number of hydrogen-bond donors (Lipinski definition) is 1. The number of fused-ring (bicyclic) bond motifs is 6. The zero-order chi connectivity index (χ0) is 40.0. The summed E-state index contributed by atoms with van der Waals surface area (Å²) >= 11 is 0. The highest BCUT2D eigenvalue weighted by Gasteiger charge is 2.17. The van der Waals surface area contributed by atoms with Crippen molar-refractivity contribution < 1.29 is 8.78 Å². The molecule has 0 saturated heterocycles. The van der Waals surface area contributed by atoms with Crippen LogP contribution in [0.4, 0.5) is 8.78 Å². The maximum absolute atomic E-state index is 13.8. The lowest BCUT2D eigenvalue weighted by molar-refractivity contribution is 0.584. The molecular formula is C53H38F2N4. The molecule has 0 saturated carbocycles. The Morgan fingerprint density at radius 2 is 1.15 bits per heavy atom. The molecule has 284 valence electrons. The average molecular weight is 769 g/mol. The van der Waals surface area contributed by atoms with E-state index >= 15 is 0 Å². The fourth-order valence-electron chi connectivity index (χ4n) is 8.51. The van der Waals surface area contributed by atoms with Crippen molar-refractivity contribution in [2.24, 2.45) is 16.6 Å². The summed E-state index contributed by atoms with van der Waals surface area (Å²) in [5.41, 5.74) is 18.7. The van der Waals surface area contributed by atoms with E-state index < -0.39 is 11.6 Å². The zero-order valence-electron chi connectivity index (χ0n) is 32.1. The van der Waals surface area contributed by atoms with Crippen molar-refractivity contribution in [3.8, 4) is 27.9 Å². The largest absolute Gasteiger partial charge is 0.369 e. The van der Waals surface area contributed by atoms with Gasteiger partial charge in [-0.2, -0.15) is 0 Å². The van der Waals surface area contributed by atoms with Gasteiger partial charge in [-0.25, -0.2) is 13.8 Å². The molecule has 1 unspecified atom stereocenters. The minimum atomic E-state index is -0.596. The number of halogens is 2. The molecule has 0 aliphatic heterocycles. The second-order valence-electron chi connectivity index (χ2n) is 15.0. The highest BCUT2D eigenvalue weighted by Crippen LogP contribution is 2.37. The Morgan fingerprint density at radius 3 is 1.88 bits per heavy atom. The third-order valence-corrected chi connectivity index (χ3v) is 11.4. The van der Waals surface area contributed by atoms with Crippen molar-refractivity contribution >= 4 is 55.1 Å². The first-order chi connectivity index (χ1) is 28.9. The first-order valence-corrected chi connectivity index (χ1v) is 19.7. The van der Waals surface area contributed by atoms with Crippen LogP contribution in [-0.4, -0.2) is 15.1 Å². The summed E-state index contributed by atoms with van der Waals surface area (Å²) < 4.78 is 32.0. The molecular weight excluding hydrogens is 731 g/mol. The van der Waals surface area contributed by atoms with Crippen LogP contribution in [0.15, 0.2) is 205 Å². The Balaban J connectivity index is 0.928. The number of allylic oxidation sites excluding steroid dienone is 6. The van der Waals surface area contributed by atoms with E-state index in [4.69, 9.17) is 10.7 Å². The second kappa shape index (κ2) is 14.7. The van der Waals surface area contributed by atoms with Gasteiger partial charge in [-0.3, -0.25) is 4.57 Å². The maximum atomic E-state index is 13.8. The molecule has 0 amide bonds. The Hall–Kier alpha value is -7.57. The van der Waals surface area contributed by atoms with E-state index in [0.29, 0.717) is 11.5 Å². The van der Waals surface area contributed by atoms with Crippen LogP contribution in [0, 0.1) is 17.6 Å². The monoisotopic (exact) mass is 768 g/mol. The molecule has 0 spiro atoms. The highest BCUT2D eigenvalue weighted by atomic mass is 19.1. The van der Waals surface area contributed by atoms with Gasteiger partial charge in [0.1, 0.15) is 11.6 Å². The predicted molar refractivity (Wildman–Crippen MR) is 242 cm³/mol. The summed E-state index contributed by atoms with van der Waals surface area (Å²) in [4.78, 5) is 4.72. The number of nitrogens with zero attached hydrogens (tertiary/aromatic N) is 3. The molecule has 7 aromatic carbocycles. The predicted octanol–water partition coefficient (Wildman–Crippen LogP) is 13.4. The molecule has 1 aliphatic rings. The summed E-state index contributed by atoms with van der Waals surface area (Å²) in [6, 6.07) is 52.0. The zero-order valence-corrected chi connectivity index (χ0v) is 32.1. The van der Waals surface area contributed by atoms with E-state index in [2.05, 4.69) is 133 Å². The van der Waals surface area contributed by atoms with Crippen LogP contribution in [0.25, 0.3) is 77.1 Å². The molecule has 59 heavy (non-hydrogen) atoms. The molecule has 0 fully saturated rings. The number of aliphatic imine (C=N–C) groups is 1. The first-order valence-electron chi connectivity index (χ1n) is 19.7. The molecule has 1 aliphatic carbocycles. The molecule has 9 aromatic rings. The molecule has 1 atom stereocenters. The van der Waals surface area contributed by atoms with E-state index in [0.717, 1.165) is 73.4 Å². The van der Waals surface area contributed by atoms with E-state index in [1.807, 2.05) is 47.0 Å². The summed E-state index contributed by atoms with van der Waals surface area (Å²) in [6.07, 6.45) is 10.9. The van der Waals surface area contributed by atoms with Crippen LogP contribution in [0.2, 0.25) is 0 Å². The fraction of sp³-hybridized carbons (Fsp3) is 0.0377. The number of nitrogens with two attached hydrogens (primary N) is 1. The van der Waals surface area contributed by atoms with Crippen molar-refractivity contribution in [1.82, 2.24) is 9.13 Å². The van der Waals surface area contributed by atoms with Gasteiger partial charge in [-0.15, -0.1) is 0 Å². The van der Waals surface area contributed by atoms with Gasteiger partial charge in [0.05, 0.1) is 22.1 Å². The molecule has 2 N–H and O–H groups in total. The van der Waals surface area contributed by atoms with Gasteiger partial charge in [-0.1, -0.05) is 116 Å². The number of aromatic nitrogens is 2. The van der Waals surface area contributed by atoms with Gasteiger partial charge >= 0.3 is 0 Å². The quantitative estimate of drug-likeness (QED) is 0.0980. The Labute approximate surface area is 340 Å². The van der Waals surface area contributed by atoms with Gasteiger partial charge in [0, 0.05) is 45.4 Å². The topological polar surface area (TPSA) is 48.2 Å². The van der Waals surface area contributed by atoms with E-state index in [-0.39, 0.29) is 5.92 Å². The highest BCUT2D eigenvalue weighted by molar-refractivity contribution is 6.15. The van der Waals surface area contributed by atoms with Crippen molar-refractivity contribution in [2.75, 3.05) is 0 Å². The van der Waals surface area contributed by atoms with Crippen molar-refractivity contribution in [3.63, 3.8) is 0 Å². The normalized spacial score (nSPS) is 14.6. The Morgan fingerprint density at radius 1 is 0.593 bits per heavy atom. The standard InChI is InChI=1S/C53H38F2N4/c1-34(37-10-9-11-38(28-37)35-18-20-36(21-19-35)41-29-42(54)33-43(55)30-41)26-27-57-53(56)59-50-17-8-6-15-46(50)48-32-40(23-25-52(48)59)39-22-24-51-47(31-39)45-14-5-7-16-49(45)58(51)44-12-3-2-4-13-44/h2-9,11-33,37H,1,10H2,(H2,56,57)/b27-26-. The van der Waals surface area contributed by atoms with E-state index in [9.17, 15) is 8.78 Å². The van der Waals surface area contributed by atoms with E-state index in [1.165, 1.54) is 33.9 Å². The Bertz CT molecular complexity index is 3210. The van der Waals surface area contributed by atoms with Crippen LogP contribution in [0.5, 0.6) is 0 Å².